The number of alkyl halides is 1. The van der Waals surface area contributed by atoms with E-state index in [0.29, 0.717) is 19.8 Å². The Bertz CT molecular complexity index is 48.2. The van der Waals surface area contributed by atoms with Crippen molar-refractivity contribution in [3.63, 3.8) is 0 Å². The summed E-state index contributed by atoms with van der Waals surface area (Å²) in [5.74, 6) is 0. The van der Waals surface area contributed by atoms with E-state index >= 15 is 0 Å². The molecule has 0 aliphatic rings. The summed E-state index contributed by atoms with van der Waals surface area (Å²) >= 11 is -0.0261. The van der Waals surface area contributed by atoms with E-state index in [0.717, 1.165) is 6.61 Å². The van der Waals surface area contributed by atoms with Crippen molar-refractivity contribution in [1.82, 2.24) is 0 Å². The molecule has 0 unspecified atom stereocenters. The third-order valence-electron chi connectivity index (χ3n) is 0.676. The molecule has 0 aromatic heterocycles. The van der Waals surface area contributed by atoms with Crippen molar-refractivity contribution in [2.75, 3.05) is 31.3 Å². The van der Waals surface area contributed by atoms with Gasteiger partial charge in [0.1, 0.15) is 0 Å². The first-order chi connectivity index (χ1) is 4.41. The van der Waals surface area contributed by atoms with Gasteiger partial charge in [-0.25, -0.2) is 0 Å². The van der Waals surface area contributed by atoms with Gasteiger partial charge in [-0.3, -0.25) is 0 Å². The van der Waals surface area contributed by atoms with E-state index in [4.69, 9.17) is 13.5 Å². The van der Waals surface area contributed by atoms with E-state index in [1.54, 1.807) is 0 Å². The molecule has 0 rings (SSSR count). The molecule has 0 aromatic rings. The number of nitrogens with two attached hydrogens (primary N) is 1. The molecule has 9 heavy (non-hydrogen) atoms. The molecule has 0 spiro atoms. The van der Waals surface area contributed by atoms with Gasteiger partial charge in [0.2, 0.25) is 0 Å². The van der Waals surface area contributed by atoms with E-state index in [1.807, 2.05) is 0 Å². The van der Waals surface area contributed by atoms with E-state index in [1.165, 1.54) is 0 Å². The van der Waals surface area contributed by atoms with Crippen molar-refractivity contribution in [3.05, 3.63) is 0 Å². The minimum atomic E-state index is -0.0261. The van der Waals surface area contributed by atoms with Gasteiger partial charge in [-0.1, -0.05) is 0 Å². The molecule has 0 aliphatic heterocycles. The predicted octanol–water partition coefficient (Wildman–Crippen LogP) is -3.39. The number of hydrogen-bond acceptors (Lipinski definition) is 3. The Morgan fingerprint density at radius 3 is 2.67 bits per heavy atom. The summed E-state index contributed by atoms with van der Waals surface area (Å²) in [5.41, 5.74) is 5.18. The van der Waals surface area contributed by atoms with Crippen molar-refractivity contribution in [2.45, 2.75) is 0 Å². The second-order valence-corrected chi connectivity index (χ2v) is 2.87. The van der Waals surface area contributed by atoms with Crippen LogP contribution in [0.25, 0.3) is 0 Å². The molecule has 2 N–H and O–H groups in total. The topological polar surface area (TPSA) is 44.5 Å². The van der Waals surface area contributed by atoms with E-state index < -0.39 is 0 Å². The molecule has 0 radical (unpaired) electrons. The third kappa shape index (κ3) is 8.61. The summed E-state index contributed by atoms with van der Waals surface area (Å²) in [6, 6.07) is 0. The van der Waals surface area contributed by atoms with Gasteiger partial charge < -0.3 is 0 Å². The molecule has 0 atom stereocenters. The molecule has 0 amide bonds. The van der Waals surface area contributed by atoms with Crippen LogP contribution >= 0.6 is 0 Å². The molecule has 0 fully saturated rings. The number of halogens is 1. The van der Waals surface area contributed by atoms with Crippen molar-refractivity contribution in [3.8, 4) is 0 Å². The molecular weight excluding hydrogens is 233 g/mol. The van der Waals surface area contributed by atoms with Crippen molar-refractivity contribution < 1.29 is 29.4 Å². The first-order valence-corrected chi connectivity index (χ1v) is 5.84. The zero-order valence-electron chi connectivity index (χ0n) is 5.60. The van der Waals surface area contributed by atoms with Crippen LogP contribution in [0.1, 0.15) is 0 Å². The predicted molar refractivity (Wildman–Crippen MR) is 31.7 cm³/mol. The molecule has 0 saturated heterocycles. The number of hydrogen-bond donors (Lipinski definition) is 1. The number of ether oxygens (including phenoxy) is 1. The zero-order chi connectivity index (χ0) is 6.95. The first-order valence-electron chi connectivity index (χ1n) is 2.81. The number of rotatable bonds is 6. The Labute approximate surface area is 66.7 Å². The molecule has 3 nitrogen and oxygen atoms in total. The van der Waals surface area contributed by atoms with Gasteiger partial charge in [0.25, 0.3) is 0 Å². The Balaban J connectivity index is 2.60. The van der Waals surface area contributed by atoms with Crippen LogP contribution in [0.5, 0.6) is 0 Å². The molecular formula is C5H13INO2-. The molecule has 4 heteroatoms. The van der Waals surface area contributed by atoms with E-state index in [9.17, 15) is 0 Å². The van der Waals surface area contributed by atoms with Gasteiger partial charge in [-0.05, 0) is 0 Å². The summed E-state index contributed by atoms with van der Waals surface area (Å²) in [7, 11) is 0. The van der Waals surface area contributed by atoms with Crippen LogP contribution in [0, 0.1) is 0 Å². The fourth-order valence-electron chi connectivity index (χ4n) is 0.353. The summed E-state index contributed by atoms with van der Waals surface area (Å²) in [6.45, 7) is 2.65. The summed E-state index contributed by atoms with van der Waals surface area (Å²) in [6.07, 6.45) is 0. The zero-order valence-corrected chi connectivity index (χ0v) is 7.76. The van der Waals surface area contributed by atoms with Crippen LogP contribution in [0.2, 0.25) is 0 Å². The van der Waals surface area contributed by atoms with Crippen LogP contribution in [0.4, 0.5) is 0 Å². The average molecular weight is 246 g/mol. The Morgan fingerprint density at radius 1 is 1.33 bits per heavy atom. The molecule has 0 bridgehead atoms. The first kappa shape index (κ1) is 9.61. The van der Waals surface area contributed by atoms with Crippen LogP contribution in [0.3, 0.4) is 0 Å². The van der Waals surface area contributed by atoms with Gasteiger partial charge in [0.15, 0.2) is 0 Å². The SMILES string of the molecule is C[I-]OCCOCCN. The molecule has 0 saturated carbocycles. The third-order valence-corrected chi connectivity index (χ3v) is 1.74. The molecule has 0 heterocycles. The molecule has 58 valence electrons. The fourth-order valence-corrected chi connectivity index (χ4v) is 0.973. The Kier molecular flexibility index (Phi) is 9.19. The van der Waals surface area contributed by atoms with Crippen LogP contribution in [0.15, 0.2) is 0 Å². The quantitative estimate of drug-likeness (QED) is 0.302. The van der Waals surface area contributed by atoms with E-state index in [2.05, 4.69) is 4.93 Å². The van der Waals surface area contributed by atoms with Crippen LogP contribution in [-0.4, -0.2) is 31.3 Å². The standard InChI is InChI=1S/C5H13INO2/c1-6-9-5-4-8-3-2-7/h2-5,7H2,1H3/q-1. The van der Waals surface area contributed by atoms with Gasteiger partial charge in [-0.15, -0.1) is 0 Å². The summed E-state index contributed by atoms with van der Waals surface area (Å²) in [4.78, 5) is 2.07. The maximum atomic E-state index is 5.18. The fraction of sp³-hybridized carbons (Fsp3) is 1.00. The van der Waals surface area contributed by atoms with Crippen molar-refractivity contribution in [2.24, 2.45) is 5.73 Å². The molecule has 0 aromatic carbocycles. The van der Waals surface area contributed by atoms with Gasteiger partial charge >= 0.3 is 66.5 Å². The Morgan fingerprint density at radius 2 is 2.11 bits per heavy atom. The van der Waals surface area contributed by atoms with Gasteiger partial charge in [-0.2, -0.15) is 0 Å². The van der Waals surface area contributed by atoms with Gasteiger partial charge in [0.05, 0.1) is 0 Å². The van der Waals surface area contributed by atoms with E-state index in [-0.39, 0.29) is 21.6 Å². The normalized spacial score (nSPS) is 10.4. The molecule has 0 aliphatic carbocycles. The second-order valence-electron chi connectivity index (χ2n) is 1.37. The average Bonchev–Trinajstić information content (AvgIpc) is 1.89. The van der Waals surface area contributed by atoms with Crippen molar-refractivity contribution >= 4 is 0 Å². The summed E-state index contributed by atoms with van der Waals surface area (Å²) in [5, 5.41) is 0. The second kappa shape index (κ2) is 8.61. The van der Waals surface area contributed by atoms with Crippen molar-refractivity contribution in [1.29, 1.82) is 0 Å². The summed E-state index contributed by atoms with van der Waals surface area (Å²) < 4.78 is 10.2. The van der Waals surface area contributed by atoms with Crippen LogP contribution in [-0.2, 0) is 7.80 Å². The minimum absolute atomic E-state index is 0.0261. The maximum absolute atomic E-state index is 5.18. The van der Waals surface area contributed by atoms with Crippen LogP contribution < -0.4 is 27.4 Å². The monoisotopic (exact) mass is 246 g/mol. The van der Waals surface area contributed by atoms with Gasteiger partial charge in [0, 0.05) is 0 Å². The Hall–Kier alpha value is 0.610.